The van der Waals surface area contributed by atoms with E-state index in [1.165, 1.54) is 17.2 Å². The van der Waals surface area contributed by atoms with E-state index in [1.54, 1.807) is 4.90 Å². The zero-order chi connectivity index (χ0) is 14.3. The summed E-state index contributed by atoms with van der Waals surface area (Å²) < 4.78 is 41.9. The van der Waals surface area contributed by atoms with E-state index in [0.29, 0.717) is 26.2 Å². The van der Waals surface area contributed by atoms with E-state index in [1.807, 2.05) is 0 Å². The molecule has 3 heterocycles. The second-order valence-corrected chi connectivity index (χ2v) is 5.42. The highest BCUT2D eigenvalue weighted by molar-refractivity contribution is 5.91. The third-order valence-electron chi connectivity index (χ3n) is 3.90. The van der Waals surface area contributed by atoms with Crippen LogP contribution in [0, 0.1) is 11.8 Å². The Balaban J connectivity index is 1.57. The first-order valence-corrected chi connectivity index (χ1v) is 6.41. The van der Waals surface area contributed by atoms with Crippen molar-refractivity contribution in [3.8, 4) is 0 Å². The minimum Gasteiger partial charge on any atom is -0.351 e. The van der Waals surface area contributed by atoms with Crippen LogP contribution in [0.1, 0.15) is 10.6 Å². The first-order valence-electron chi connectivity index (χ1n) is 6.41. The predicted octanol–water partition coefficient (Wildman–Crippen LogP) is 1.24. The lowest BCUT2D eigenvalue weighted by molar-refractivity contribution is -0.144. The molecule has 8 heteroatoms. The van der Waals surface area contributed by atoms with Crippen molar-refractivity contribution >= 4 is 5.91 Å². The van der Waals surface area contributed by atoms with E-state index < -0.39 is 12.7 Å². The van der Waals surface area contributed by atoms with Crippen LogP contribution in [0.3, 0.4) is 0 Å². The summed E-state index contributed by atoms with van der Waals surface area (Å²) in [5.41, 5.74) is 0. The Morgan fingerprint density at radius 1 is 1.30 bits per heavy atom. The van der Waals surface area contributed by atoms with Crippen LogP contribution in [-0.4, -0.2) is 59.8 Å². The molecule has 2 fully saturated rings. The maximum absolute atomic E-state index is 12.3. The van der Waals surface area contributed by atoms with Crippen molar-refractivity contribution in [2.45, 2.75) is 6.18 Å². The molecule has 5 nitrogen and oxygen atoms in total. The van der Waals surface area contributed by atoms with Crippen LogP contribution < -0.4 is 0 Å². The summed E-state index contributed by atoms with van der Waals surface area (Å²) >= 11 is 0. The number of alkyl halides is 3. The van der Waals surface area contributed by atoms with E-state index in [2.05, 4.69) is 5.16 Å². The number of carbonyl (C=O) groups is 1. The number of halogens is 3. The fourth-order valence-corrected chi connectivity index (χ4v) is 3.12. The van der Waals surface area contributed by atoms with Gasteiger partial charge in [-0.1, -0.05) is 5.16 Å². The zero-order valence-electron chi connectivity index (χ0n) is 10.6. The van der Waals surface area contributed by atoms with Crippen LogP contribution in [0.4, 0.5) is 13.2 Å². The lowest BCUT2D eigenvalue weighted by Gasteiger charge is -2.21. The smallest absolute Gasteiger partial charge is 0.351 e. The van der Waals surface area contributed by atoms with Gasteiger partial charge in [0.15, 0.2) is 0 Å². The highest BCUT2D eigenvalue weighted by Crippen LogP contribution is 2.33. The molecule has 0 aromatic carbocycles. The van der Waals surface area contributed by atoms with Crippen molar-refractivity contribution in [2.75, 3.05) is 32.7 Å². The molecule has 0 saturated carbocycles. The molecular formula is C12H14F3N3O2. The quantitative estimate of drug-likeness (QED) is 0.822. The minimum absolute atomic E-state index is 0.115. The normalized spacial score (nSPS) is 27.1. The summed E-state index contributed by atoms with van der Waals surface area (Å²) in [5.74, 6) is 0.171. The third-order valence-corrected chi connectivity index (χ3v) is 3.90. The number of hydrogen-bond donors (Lipinski definition) is 0. The van der Waals surface area contributed by atoms with Gasteiger partial charge in [0.05, 0.1) is 12.7 Å². The van der Waals surface area contributed by atoms with E-state index in [9.17, 15) is 18.0 Å². The van der Waals surface area contributed by atoms with Gasteiger partial charge < -0.3 is 9.42 Å². The van der Waals surface area contributed by atoms with Crippen LogP contribution in [0.25, 0.3) is 0 Å². The first-order chi connectivity index (χ1) is 9.42. The first kappa shape index (κ1) is 13.4. The van der Waals surface area contributed by atoms with Crippen molar-refractivity contribution in [1.82, 2.24) is 15.0 Å². The van der Waals surface area contributed by atoms with Gasteiger partial charge in [-0.15, -0.1) is 0 Å². The SMILES string of the molecule is O=C(c1ccno1)N1CC2CN(CC(F)(F)F)CC2C1. The molecule has 2 atom stereocenters. The molecule has 0 bridgehead atoms. The molecule has 0 N–H and O–H groups in total. The fourth-order valence-electron chi connectivity index (χ4n) is 3.12. The largest absolute Gasteiger partial charge is 0.401 e. The topological polar surface area (TPSA) is 49.6 Å². The van der Waals surface area contributed by atoms with E-state index in [-0.39, 0.29) is 23.5 Å². The monoisotopic (exact) mass is 289 g/mol. The summed E-state index contributed by atoms with van der Waals surface area (Å²) in [6.45, 7) is 0.891. The van der Waals surface area contributed by atoms with Crippen molar-refractivity contribution in [1.29, 1.82) is 0 Å². The average molecular weight is 289 g/mol. The molecule has 2 saturated heterocycles. The molecule has 0 radical (unpaired) electrons. The number of likely N-dealkylation sites (tertiary alicyclic amines) is 2. The van der Waals surface area contributed by atoms with Gasteiger partial charge in [0, 0.05) is 32.2 Å². The number of fused-ring (bicyclic) bond motifs is 1. The van der Waals surface area contributed by atoms with Gasteiger partial charge in [-0.3, -0.25) is 9.69 Å². The van der Waals surface area contributed by atoms with E-state index in [0.717, 1.165) is 0 Å². The molecule has 20 heavy (non-hydrogen) atoms. The molecule has 1 amide bonds. The third kappa shape index (κ3) is 2.65. The van der Waals surface area contributed by atoms with Gasteiger partial charge in [-0.25, -0.2) is 0 Å². The summed E-state index contributed by atoms with van der Waals surface area (Å²) in [7, 11) is 0. The van der Waals surface area contributed by atoms with Crippen LogP contribution in [-0.2, 0) is 0 Å². The summed E-state index contributed by atoms with van der Waals surface area (Å²) in [6.07, 6.45) is -2.76. The maximum atomic E-state index is 12.3. The van der Waals surface area contributed by atoms with Crippen molar-refractivity contribution in [3.05, 3.63) is 18.0 Å². The van der Waals surface area contributed by atoms with Crippen LogP contribution in [0.15, 0.2) is 16.8 Å². The van der Waals surface area contributed by atoms with Gasteiger partial charge in [0.1, 0.15) is 0 Å². The molecule has 0 aliphatic carbocycles. The number of carbonyl (C=O) groups excluding carboxylic acids is 1. The van der Waals surface area contributed by atoms with Gasteiger partial charge in [-0.2, -0.15) is 13.2 Å². The molecule has 2 aliphatic heterocycles. The second-order valence-electron chi connectivity index (χ2n) is 5.42. The summed E-state index contributed by atoms with van der Waals surface area (Å²) in [4.78, 5) is 15.1. The number of rotatable bonds is 2. The lowest BCUT2D eigenvalue weighted by atomic mass is 10.0. The van der Waals surface area contributed by atoms with Gasteiger partial charge in [0.25, 0.3) is 5.91 Å². The molecule has 2 aliphatic rings. The van der Waals surface area contributed by atoms with Gasteiger partial charge in [-0.05, 0) is 11.8 Å². The Morgan fingerprint density at radius 2 is 1.95 bits per heavy atom. The predicted molar refractivity (Wildman–Crippen MR) is 61.9 cm³/mol. The van der Waals surface area contributed by atoms with Crippen LogP contribution in [0.2, 0.25) is 0 Å². The average Bonchev–Trinajstić information content (AvgIpc) is 2.98. The highest BCUT2D eigenvalue weighted by Gasteiger charge is 2.44. The maximum Gasteiger partial charge on any atom is 0.401 e. The Bertz CT molecular complexity index is 475. The number of aromatic nitrogens is 1. The Morgan fingerprint density at radius 3 is 2.45 bits per heavy atom. The molecular weight excluding hydrogens is 275 g/mol. The summed E-state index contributed by atoms with van der Waals surface area (Å²) in [6, 6.07) is 1.49. The van der Waals surface area contributed by atoms with Gasteiger partial charge >= 0.3 is 6.18 Å². The van der Waals surface area contributed by atoms with Crippen molar-refractivity contribution < 1.29 is 22.5 Å². The van der Waals surface area contributed by atoms with E-state index in [4.69, 9.17) is 4.52 Å². The van der Waals surface area contributed by atoms with E-state index >= 15 is 0 Å². The molecule has 0 spiro atoms. The number of amides is 1. The molecule has 1 aromatic heterocycles. The Hall–Kier alpha value is -1.57. The Labute approximate surface area is 113 Å². The second kappa shape index (κ2) is 4.76. The minimum atomic E-state index is -4.16. The lowest BCUT2D eigenvalue weighted by Crippen LogP contribution is -2.36. The van der Waals surface area contributed by atoms with Crippen molar-refractivity contribution in [3.63, 3.8) is 0 Å². The number of nitrogens with zero attached hydrogens (tertiary/aromatic N) is 3. The van der Waals surface area contributed by atoms with Crippen molar-refractivity contribution in [2.24, 2.45) is 11.8 Å². The zero-order valence-corrected chi connectivity index (χ0v) is 10.6. The summed E-state index contributed by atoms with van der Waals surface area (Å²) in [5, 5.41) is 3.48. The number of hydrogen-bond acceptors (Lipinski definition) is 4. The highest BCUT2D eigenvalue weighted by atomic mass is 19.4. The van der Waals surface area contributed by atoms with Crippen LogP contribution >= 0.6 is 0 Å². The molecule has 1 aromatic rings. The Kier molecular flexibility index (Phi) is 3.19. The standard InChI is InChI=1S/C12H14F3N3O2/c13-12(14,15)7-17-3-8-5-18(6-9(8)4-17)11(19)10-1-2-16-20-10/h1-2,8-9H,3-7H2. The molecule has 110 valence electrons. The van der Waals surface area contributed by atoms with Crippen LogP contribution in [0.5, 0.6) is 0 Å². The molecule has 3 rings (SSSR count). The molecule has 2 unspecified atom stereocenters. The fraction of sp³-hybridized carbons (Fsp3) is 0.667. The van der Waals surface area contributed by atoms with Gasteiger partial charge in [0.2, 0.25) is 5.76 Å².